The van der Waals surface area contributed by atoms with Gasteiger partial charge in [-0.05, 0) is 32.4 Å². The molecule has 9 heteroatoms. The molecule has 0 amide bonds. The van der Waals surface area contributed by atoms with Crippen molar-refractivity contribution in [2.45, 2.75) is 39.4 Å². The zero-order valence-electron chi connectivity index (χ0n) is 19.0. The van der Waals surface area contributed by atoms with E-state index in [-0.39, 0.29) is 17.8 Å². The molecular weight excluding hydrogens is 418 g/mol. The second-order valence-electron chi connectivity index (χ2n) is 8.56. The average molecular weight is 441 g/mol. The summed E-state index contributed by atoms with van der Waals surface area (Å²) in [5.41, 5.74) is 8.84. The number of aryl methyl sites for hydroxylation is 3. The number of anilines is 1. The van der Waals surface area contributed by atoms with Gasteiger partial charge in [-0.1, -0.05) is 5.73 Å². The molecule has 0 bridgehead atoms. The van der Waals surface area contributed by atoms with Gasteiger partial charge in [-0.25, -0.2) is 15.0 Å². The SMILES string of the molecule is Cc1nc2nc(N3C[C@@H](C)O[C@@H](c4ccc(=O)n(C)c4)C3)nc(C3=C=C(C#N)C3)c2nc1C. The predicted octanol–water partition coefficient (Wildman–Crippen LogP) is 2.54. The van der Waals surface area contributed by atoms with Crippen molar-refractivity contribution in [3.05, 3.63) is 62.6 Å². The third-order valence-electron chi connectivity index (χ3n) is 6.03. The monoisotopic (exact) mass is 441 g/mol. The highest BCUT2D eigenvalue weighted by Gasteiger charge is 2.30. The predicted molar refractivity (Wildman–Crippen MR) is 122 cm³/mol. The van der Waals surface area contributed by atoms with E-state index >= 15 is 0 Å². The van der Waals surface area contributed by atoms with Crippen molar-refractivity contribution >= 4 is 22.7 Å². The minimum absolute atomic E-state index is 0.0650. The summed E-state index contributed by atoms with van der Waals surface area (Å²) in [4.78, 5) is 32.9. The highest BCUT2D eigenvalue weighted by molar-refractivity contribution is 5.88. The molecule has 1 saturated heterocycles. The summed E-state index contributed by atoms with van der Waals surface area (Å²) in [6.45, 7) is 6.97. The molecule has 0 saturated carbocycles. The molecule has 0 aromatic carbocycles. The van der Waals surface area contributed by atoms with Crippen LogP contribution in [0.15, 0.2) is 34.4 Å². The summed E-state index contributed by atoms with van der Waals surface area (Å²) in [6, 6.07) is 5.50. The van der Waals surface area contributed by atoms with E-state index in [1.807, 2.05) is 20.8 Å². The lowest BCUT2D eigenvalue weighted by atomic mass is 9.95. The van der Waals surface area contributed by atoms with Gasteiger partial charge < -0.3 is 14.2 Å². The van der Waals surface area contributed by atoms with Gasteiger partial charge in [0, 0.05) is 37.8 Å². The minimum Gasteiger partial charge on any atom is -0.367 e. The lowest BCUT2D eigenvalue weighted by Crippen LogP contribution is -2.44. The van der Waals surface area contributed by atoms with Crippen LogP contribution in [-0.2, 0) is 11.8 Å². The summed E-state index contributed by atoms with van der Waals surface area (Å²) in [6.07, 6.45) is 2.02. The number of nitriles is 1. The Bertz CT molecular complexity index is 1460. The zero-order valence-corrected chi connectivity index (χ0v) is 19.0. The number of hydrogen-bond acceptors (Lipinski definition) is 8. The molecule has 0 spiro atoms. The molecular formula is C24H23N7O2. The van der Waals surface area contributed by atoms with Crippen molar-refractivity contribution in [1.82, 2.24) is 24.5 Å². The van der Waals surface area contributed by atoms with Crippen molar-refractivity contribution in [1.29, 1.82) is 5.26 Å². The summed E-state index contributed by atoms with van der Waals surface area (Å²) < 4.78 is 7.73. The second-order valence-corrected chi connectivity index (χ2v) is 8.56. The van der Waals surface area contributed by atoms with Crippen molar-refractivity contribution in [3.8, 4) is 6.07 Å². The number of morpholine rings is 1. The first-order chi connectivity index (χ1) is 15.8. The van der Waals surface area contributed by atoms with Gasteiger partial charge in [-0.3, -0.25) is 4.79 Å². The zero-order chi connectivity index (χ0) is 23.3. The molecule has 5 rings (SSSR count). The number of pyridine rings is 1. The fourth-order valence-corrected chi connectivity index (χ4v) is 4.11. The smallest absolute Gasteiger partial charge is 0.250 e. The molecule has 3 aromatic heterocycles. The topological polar surface area (TPSA) is 110 Å². The highest BCUT2D eigenvalue weighted by Crippen LogP contribution is 2.33. The van der Waals surface area contributed by atoms with E-state index in [0.717, 1.165) is 22.5 Å². The van der Waals surface area contributed by atoms with Gasteiger partial charge in [-0.15, -0.1) is 0 Å². The number of hydrogen-bond donors (Lipinski definition) is 0. The number of fused-ring (bicyclic) bond motifs is 1. The molecule has 9 nitrogen and oxygen atoms in total. The largest absolute Gasteiger partial charge is 0.367 e. The van der Waals surface area contributed by atoms with Crippen molar-refractivity contribution < 1.29 is 4.74 Å². The Kier molecular flexibility index (Phi) is 5.05. The molecule has 4 heterocycles. The van der Waals surface area contributed by atoms with E-state index in [4.69, 9.17) is 25.0 Å². The maximum atomic E-state index is 11.8. The van der Waals surface area contributed by atoms with Gasteiger partial charge in [0.1, 0.15) is 23.4 Å². The van der Waals surface area contributed by atoms with Crippen molar-refractivity contribution in [2.75, 3.05) is 18.0 Å². The van der Waals surface area contributed by atoms with E-state index in [2.05, 4.69) is 21.7 Å². The van der Waals surface area contributed by atoms with Crippen LogP contribution in [-0.4, -0.2) is 43.7 Å². The molecule has 0 unspecified atom stereocenters. The van der Waals surface area contributed by atoms with E-state index < -0.39 is 0 Å². The maximum Gasteiger partial charge on any atom is 0.250 e. The van der Waals surface area contributed by atoms with Crippen LogP contribution in [0.3, 0.4) is 0 Å². The molecule has 1 aliphatic carbocycles. The number of aromatic nitrogens is 5. The second kappa shape index (κ2) is 7.93. The quantitative estimate of drug-likeness (QED) is 0.571. The Morgan fingerprint density at radius 1 is 1.15 bits per heavy atom. The van der Waals surface area contributed by atoms with E-state index in [1.54, 1.807) is 29.9 Å². The Hall–Kier alpha value is -3.86. The number of allylic oxidation sites excluding steroid dienone is 1. The van der Waals surface area contributed by atoms with Crippen LogP contribution in [0.4, 0.5) is 5.95 Å². The van der Waals surface area contributed by atoms with Crippen LogP contribution < -0.4 is 10.5 Å². The van der Waals surface area contributed by atoms with Crippen molar-refractivity contribution in [2.24, 2.45) is 7.05 Å². The molecule has 33 heavy (non-hydrogen) atoms. The minimum atomic E-state index is -0.234. The molecule has 1 aliphatic heterocycles. The third-order valence-corrected chi connectivity index (χ3v) is 6.03. The number of rotatable bonds is 3. The van der Waals surface area contributed by atoms with Gasteiger partial charge in [0.15, 0.2) is 5.65 Å². The lowest BCUT2D eigenvalue weighted by Gasteiger charge is -2.37. The van der Waals surface area contributed by atoms with Gasteiger partial charge in [-0.2, -0.15) is 10.2 Å². The van der Waals surface area contributed by atoms with Crippen molar-refractivity contribution in [3.63, 3.8) is 0 Å². The summed E-state index contributed by atoms with van der Waals surface area (Å²) in [5, 5.41) is 9.14. The highest BCUT2D eigenvalue weighted by atomic mass is 16.5. The van der Waals surface area contributed by atoms with Gasteiger partial charge in [0.25, 0.3) is 0 Å². The molecule has 1 fully saturated rings. The summed E-state index contributed by atoms with van der Waals surface area (Å²) >= 11 is 0. The molecule has 0 N–H and O–H groups in total. The maximum absolute atomic E-state index is 11.8. The first kappa shape index (κ1) is 21.0. The van der Waals surface area contributed by atoms with E-state index in [0.29, 0.717) is 47.9 Å². The lowest BCUT2D eigenvalue weighted by molar-refractivity contribution is -0.0181. The molecule has 0 radical (unpaired) electrons. The number of nitrogens with zero attached hydrogens (tertiary/aromatic N) is 7. The van der Waals surface area contributed by atoms with E-state index in [1.165, 1.54) is 0 Å². The molecule has 2 atom stereocenters. The van der Waals surface area contributed by atoms with Crippen LogP contribution >= 0.6 is 0 Å². The molecule has 2 aliphatic rings. The van der Waals surface area contributed by atoms with Crippen LogP contribution in [0.1, 0.15) is 42.1 Å². The average Bonchev–Trinajstić information content (AvgIpc) is 2.75. The first-order valence-corrected chi connectivity index (χ1v) is 10.8. The van der Waals surface area contributed by atoms with Gasteiger partial charge >= 0.3 is 0 Å². The van der Waals surface area contributed by atoms with Gasteiger partial charge in [0.2, 0.25) is 11.5 Å². The standard InChI is InChI=1S/C24H23N7O2/c1-13-10-31(12-19(33-13)17-5-6-20(32)30(4)11-17)24-28-21(18-7-16(8-18)9-25)22-23(29-24)27-15(3)14(2)26-22/h5-6,11,13,19H,7,10,12H2,1-4H3/t13-,19-/m1/s1. The van der Waals surface area contributed by atoms with Crippen LogP contribution in [0, 0.1) is 25.2 Å². The normalized spacial score (nSPS) is 20.2. The number of ether oxygens (including phenoxy) is 1. The van der Waals surface area contributed by atoms with Crippen LogP contribution in [0.2, 0.25) is 0 Å². The van der Waals surface area contributed by atoms with Crippen LogP contribution in [0.5, 0.6) is 0 Å². The van der Waals surface area contributed by atoms with Gasteiger partial charge in [0.05, 0.1) is 29.6 Å². The Morgan fingerprint density at radius 3 is 2.64 bits per heavy atom. The molecule has 3 aromatic rings. The third kappa shape index (κ3) is 3.80. The Labute approximate surface area is 190 Å². The fourth-order valence-electron chi connectivity index (χ4n) is 4.11. The molecule has 166 valence electrons. The van der Waals surface area contributed by atoms with Crippen LogP contribution in [0.25, 0.3) is 16.7 Å². The summed E-state index contributed by atoms with van der Waals surface area (Å²) in [5.74, 6) is 0.541. The van der Waals surface area contributed by atoms with E-state index in [9.17, 15) is 4.79 Å². The fraction of sp³-hybridized carbons (Fsp3) is 0.375. The first-order valence-electron chi connectivity index (χ1n) is 10.8. The summed E-state index contributed by atoms with van der Waals surface area (Å²) in [7, 11) is 1.73. The Morgan fingerprint density at radius 2 is 1.91 bits per heavy atom. The Balaban J connectivity index is 1.59.